The van der Waals surface area contributed by atoms with E-state index >= 15 is 0 Å². The van der Waals surface area contributed by atoms with E-state index in [9.17, 15) is 0 Å². The monoisotopic (exact) mass is 244 g/mol. The van der Waals surface area contributed by atoms with Crippen molar-refractivity contribution < 1.29 is 9.47 Å². The number of aromatic nitrogens is 1. The molecule has 0 spiro atoms. The Labute approximate surface area is 106 Å². The molecule has 2 N–H and O–H groups in total. The number of benzene rings is 1. The van der Waals surface area contributed by atoms with Gasteiger partial charge in [-0.3, -0.25) is 0 Å². The smallest absolute Gasteiger partial charge is 0.216 e. The zero-order valence-corrected chi connectivity index (χ0v) is 10.3. The molecular weight excluding hydrogens is 228 g/mol. The van der Waals surface area contributed by atoms with Crippen LogP contribution in [0.25, 0.3) is 0 Å². The third-order valence-electron chi connectivity index (χ3n) is 2.58. The minimum Gasteiger partial charge on any atom is -0.481 e. The lowest BCUT2D eigenvalue weighted by molar-refractivity contribution is 0.301. The second kappa shape index (κ2) is 5.91. The highest BCUT2D eigenvalue weighted by Gasteiger charge is 2.01. The first-order valence-electron chi connectivity index (χ1n) is 5.77. The Morgan fingerprint density at radius 1 is 1.06 bits per heavy atom. The van der Waals surface area contributed by atoms with Crippen LogP contribution in [0.4, 0.5) is 5.69 Å². The molecule has 0 unspecified atom stereocenters. The van der Waals surface area contributed by atoms with Crippen LogP contribution in [-0.4, -0.2) is 18.7 Å². The van der Waals surface area contributed by atoms with E-state index in [2.05, 4.69) is 4.98 Å². The molecule has 1 aromatic carbocycles. The van der Waals surface area contributed by atoms with Gasteiger partial charge in [-0.05, 0) is 11.6 Å². The highest BCUT2D eigenvalue weighted by atomic mass is 16.5. The minimum atomic E-state index is 0.536. The molecule has 0 saturated carbocycles. The summed E-state index contributed by atoms with van der Waals surface area (Å²) in [6, 6.07) is 13.2. The van der Waals surface area contributed by atoms with Crippen LogP contribution in [0, 0.1) is 0 Å². The molecule has 0 atom stereocenters. The summed E-state index contributed by atoms with van der Waals surface area (Å²) >= 11 is 0. The minimum absolute atomic E-state index is 0.536. The van der Waals surface area contributed by atoms with Crippen molar-refractivity contribution in [3.63, 3.8) is 0 Å². The Bertz CT molecular complexity index is 515. The van der Waals surface area contributed by atoms with Gasteiger partial charge < -0.3 is 15.2 Å². The van der Waals surface area contributed by atoms with Crippen molar-refractivity contribution in [2.24, 2.45) is 0 Å². The van der Waals surface area contributed by atoms with E-state index in [1.54, 1.807) is 19.2 Å². The van der Waals surface area contributed by atoms with Gasteiger partial charge in [0, 0.05) is 24.2 Å². The fourth-order valence-electron chi connectivity index (χ4n) is 1.62. The van der Waals surface area contributed by atoms with Crippen molar-refractivity contribution in [3.05, 3.63) is 48.0 Å². The normalized spacial score (nSPS) is 10.1. The van der Waals surface area contributed by atoms with E-state index in [1.807, 2.05) is 30.3 Å². The van der Waals surface area contributed by atoms with Crippen LogP contribution in [0.3, 0.4) is 0 Å². The molecule has 4 nitrogen and oxygen atoms in total. The Morgan fingerprint density at radius 2 is 1.83 bits per heavy atom. The Hall–Kier alpha value is -2.23. The summed E-state index contributed by atoms with van der Waals surface area (Å²) in [6.07, 6.45) is 0.756. The van der Waals surface area contributed by atoms with E-state index in [-0.39, 0.29) is 0 Å². The largest absolute Gasteiger partial charge is 0.481 e. The van der Waals surface area contributed by atoms with Gasteiger partial charge in [0.1, 0.15) is 0 Å². The number of hydrogen-bond donors (Lipinski definition) is 1. The molecule has 0 aliphatic carbocycles. The van der Waals surface area contributed by atoms with Crippen LogP contribution in [0.15, 0.2) is 42.5 Å². The molecule has 94 valence electrons. The van der Waals surface area contributed by atoms with Crippen molar-refractivity contribution in [1.29, 1.82) is 0 Å². The Morgan fingerprint density at radius 3 is 2.61 bits per heavy atom. The van der Waals surface area contributed by atoms with Gasteiger partial charge in [-0.15, -0.1) is 0 Å². The quantitative estimate of drug-likeness (QED) is 0.820. The maximum Gasteiger partial charge on any atom is 0.216 e. The zero-order valence-electron chi connectivity index (χ0n) is 10.3. The molecule has 2 aromatic rings. The molecule has 0 fully saturated rings. The molecule has 2 rings (SSSR count). The summed E-state index contributed by atoms with van der Waals surface area (Å²) in [5, 5.41) is 0. The van der Waals surface area contributed by atoms with E-state index in [0.29, 0.717) is 18.4 Å². The summed E-state index contributed by atoms with van der Waals surface area (Å²) in [4.78, 5) is 4.17. The number of nitrogens with zero attached hydrogens (tertiary/aromatic N) is 1. The van der Waals surface area contributed by atoms with Gasteiger partial charge in [-0.2, -0.15) is 4.98 Å². The number of para-hydroxylation sites is 1. The standard InChI is InChI=1S/C14H16N2O2/c1-17-13-7-4-8-14(16-13)18-10-9-11-5-2-3-6-12(11)15/h2-8H,9-10,15H2,1H3. The maximum atomic E-state index is 5.85. The lowest BCUT2D eigenvalue weighted by Gasteiger charge is -2.08. The topological polar surface area (TPSA) is 57.4 Å². The number of methoxy groups -OCH3 is 1. The number of nitrogen functional groups attached to an aromatic ring is 1. The van der Waals surface area contributed by atoms with E-state index < -0.39 is 0 Å². The summed E-state index contributed by atoms with van der Waals surface area (Å²) in [7, 11) is 1.58. The fraction of sp³-hybridized carbons (Fsp3) is 0.214. The van der Waals surface area contributed by atoms with Gasteiger partial charge in [-0.1, -0.05) is 24.3 Å². The summed E-state index contributed by atoms with van der Waals surface area (Å²) in [5.74, 6) is 1.11. The van der Waals surface area contributed by atoms with Gasteiger partial charge >= 0.3 is 0 Å². The van der Waals surface area contributed by atoms with Crippen molar-refractivity contribution in [2.75, 3.05) is 19.5 Å². The predicted molar refractivity (Wildman–Crippen MR) is 70.8 cm³/mol. The van der Waals surface area contributed by atoms with Crippen molar-refractivity contribution in [3.8, 4) is 11.8 Å². The molecule has 0 bridgehead atoms. The van der Waals surface area contributed by atoms with Crippen LogP contribution in [0.2, 0.25) is 0 Å². The molecule has 4 heteroatoms. The third kappa shape index (κ3) is 3.13. The molecular formula is C14H16N2O2. The highest BCUT2D eigenvalue weighted by Crippen LogP contribution is 2.14. The fourth-order valence-corrected chi connectivity index (χ4v) is 1.62. The van der Waals surface area contributed by atoms with Crippen LogP contribution in [-0.2, 0) is 6.42 Å². The van der Waals surface area contributed by atoms with Crippen LogP contribution in [0.5, 0.6) is 11.8 Å². The van der Waals surface area contributed by atoms with Crippen LogP contribution < -0.4 is 15.2 Å². The first kappa shape index (κ1) is 12.2. The lowest BCUT2D eigenvalue weighted by Crippen LogP contribution is -2.05. The number of ether oxygens (including phenoxy) is 2. The second-order valence-electron chi connectivity index (χ2n) is 3.82. The average molecular weight is 244 g/mol. The van der Waals surface area contributed by atoms with Gasteiger partial charge in [0.05, 0.1) is 13.7 Å². The molecule has 0 amide bonds. The first-order valence-corrected chi connectivity index (χ1v) is 5.77. The van der Waals surface area contributed by atoms with Gasteiger partial charge in [0.15, 0.2) is 0 Å². The van der Waals surface area contributed by atoms with Crippen molar-refractivity contribution in [2.45, 2.75) is 6.42 Å². The van der Waals surface area contributed by atoms with Gasteiger partial charge in [0.25, 0.3) is 0 Å². The summed E-state index contributed by atoms with van der Waals surface area (Å²) in [6.45, 7) is 0.536. The second-order valence-corrected chi connectivity index (χ2v) is 3.82. The van der Waals surface area contributed by atoms with Crippen molar-refractivity contribution in [1.82, 2.24) is 4.98 Å². The van der Waals surface area contributed by atoms with E-state index in [4.69, 9.17) is 15.2 Å². The number of rotatable bonds is 5. The van der Waals surface area contributed by atoms with Gasteiger partial charge in [0.2, 0.25) is 11.8 Å². The van der Waals surface area contributed by atoms with E-state index in [0.717, 1.165) is 17.7 Å². The zero-order chi connectivity index (χ0) is 12.8. The summed E-state index contributed by atoms with van der Waals surface area (Å²) < 4.78 is 10.6. The number of nitrogens with two attached hydrogens (primary N) is 1. The lowest BCUT2D eigenvalue weighted by atomic mass is 10.1. The van der Waals surface area contributed by atoms with Crippen LogP contribution in [0.1, 0.15) is 5.56 Å². The number of pyridine rings is 1. The Kier molecular flexibility index (Phi) is 4.02. The predicted octanol–water partition coefficient (Wildman–Crippen LogP) is 2.29. The van der Waals surface area contributed by atoms with E-state index in [1.165, 1.54) is 0 Å². The number of hydrogen-bond acceptors (Lipinski definition) is 4. The SMILES string of the molecule is COc1cccc(OCCc2ccccc2N)n1. The number of anilines is 1. The molecule has 18 heavy (non-hydrogen) atoms. The first-order chi connectivity index (χ1) is 8.79. The summed E-state index contributed by atoms with van der Waals surface area (Å²) in [5.41, 5.74) is 7.73. The molecule has 0 aliphatic heterocycles. The maximum absolute atomic E-state index is 5.85. The molecule has 1 heterocycles. The van der Waals surface area contributed by atoms with Crippen LogP contribution >= 0.6 is 0 Å². The van der Waals surface area contributed by atoms with Gasteiger partial charge in [-0.25, -0.2) is 0 Å². The highest BCUT2D eigenvalue weighted by molar-refractivity contribution is 5.46. The molecule has 0 radical (unpaired) electrons. The average Bonchev–Trinajstić information content (AvgIpc) is 2.41. The molecule has 1 aromatic heterocycles. The molecule has 0 saturated heterocycles. The van der Waals surface area contributed by atoms with Crippen molar-refractivity contribution >= 4 is 5.69 Å². The molecule has 0 aliphatic rings. The Balaban J connectivity index is 1.90. The third-order valence-corrected chi connectivity index (χ3v) is 2.58.